The number of fused-ring (bicyclic) bond motifs is 1. The quantitative estimate of drug-likeness (QED) is 0.380. The second-order valence-electron chi connectivity index (χ2n) is 7.32. The number of carbonyl (C=O) groups excluding carboxylic acids is 4. The fourth-order valence-corrected chi connectivity index (χ4v) is 3.46. The molecule has 0 aliphatic heterocycles. The second-order valence-corrected chi connectivity index (χ2v) is 7.73. The van der Waals surface area contributed by atoms with E-state index >= 15 is 0 Å². The van der Waals surface area contributed by atoms with Crippen molar-refractivity contribution in [1.82, 2.24) is 20.0 Å². The molecule has 4 N–H and O–H groups in total. The minimum absolute atomic E-state index is 0.0253. The molecule has 1 aromatic heterocycles. The third-order valence-corrected chi connectivity index (χ3v) is 5.21. The van der Waals surface area contributed by atoms with Gasteiger partial charge in [0.1, 0.15) is 25.5 Å². The predicted octanol–water partition coefficient (Wildman–Crippen LogP) is 0.634. The van der Waals surface area contributed by atoms with Crippen LogP contribution in [0.25, 0.3) is 10.9 Å². The molecule has 3 rings (SSSR count). The summed E-state index contributed by atoms with van der Waals surface area (Å²) in [7, 11) is 0. The minimum Gasteiger partial charge on any atom is -0.389 e. The lowest BCUT2D eigenvalue weighted by Crippen LogP contribution is -2.45. The molecule has 12 heteroatoms. The van der Waals surface area contributed by atoms with Crippen molar-refractivity contribution in [2.45, 2.75) is 13.1 Å². The highest BCUT2D eigenvalue weighted by Gasteiger charge is 2.23. The van der Waals surface area contributed by atoms with Crippen LogP contribution in [0.5, 0.6) is 0 Å². The Labute approximate surface area is 198 Å². The molecule has 0 aliphatic rings. The zero-order valence-electron chi connectivity index (χ0n) is 17.8. The molecule has 3 amide bonds. The van der Waals surface area contributed by atoms with E-state index in [1.54, 1.807) is 24.3 Å². The number of para-hydroxylation sites is 1. The number of nitrogens with two attached hydrogens (primary N) is 1. The van der Waals surface area contributed by atoms with Gasteiger partial charge in [-0.2, -0.15) is 5.10 Å². The molecule has 10 nitrogen and oxygen atoms in total. The van der Waals surface area contributed by atoms with Crippen molar-refractivity contribution in [2.24, 2.45) is 5.73 Å². The number of aromatic nitrogens is 2. The van der Waals surface area contributed by atoms with E-state index in [1.807, 2.05) is 0 Å². The van der Waals surface area contributed by atoms with Gasteiger partial charge in [0.05, 0.1) is 17.1 Å². The van der Waals surface area contributed by atoms with Gasteiger partial charge < -0.3 is 21.1 Å². The third-order valence-electron chi connectivity index (χ3n) is 4.91. The lowest BCUT2D eigenvalue weighted by Gasteiger charge is -2.21. The summed E-state index contributed by atoms with van der Waals surface area (Å²) in [6.07, 6.45) is 0. The fourth-order valence-electron chi connectivity index (χ4n) is 3.26. The number of amides is 3. The zero-order chi connectivity index (χ0) is 24.8. The Morgan fingerprint density at radius 3 is 2.56 bits per heavy atom. The summed E-state index contributed by atoms with van der Waals surface area (Å²) in [6.45, 7) is -2.48. The number of ketones is 1. The van der Waals surface area contributed by atoms with Crippen molar-refractivity contribution >= 4 is 46.0 Å². The summed E-state index contributed by atoms with van der Waals surface area (Å²) < 4.78 is 15.3. The highest BCUT2D eigenvalue weighted by molar-refractivity contribution is 6.30. The van der Waals surface area contributed by atoms with Crippen LogP contribution in [0.4, 0.5) is 4.39 Å². The first-order valence-corrected chi connectivity index (χ1v) is 10.4. The molecule has 0 spiro atoms. The van der Waals surface area contributed by atoms with E-state index in [1.165, 1.54) is 22.9 Å². The van der Waals surface area contributed by atoms with Gasteiger partial charge in [-0.1, -0.05) is 41.9 Å². The maximum absolute atomic E-state index is 14.0. The standard InChI is InChI=1S/C22H21ClFN5O5/c23-16-6-3-4-13(20(16)24)8-26-18(32)10-28(9-14(31)12-30)19(33)11-29-17-7-2-1-5-15(17)21(27-29)22(25)34/h1-7,30H,8-12H2,(H2,25,34)(H,26,32). The van der Waals surface area contributed by atoms with Crippen LogP contribution in [0.15, 0.2) is 42.5 Å². The van der Waals surface area contributed by atoms with Crippen molar-refractivity contribution in [3.05, 3.63) is 64.6 Å². The van der Waals surface area contributed by atoms with Crippen LogP contribution < -0.4 is 11.1 Å². The first kappa shape index (κ1) is 24.8. The molecule has 0 bridgehead atoms. The van der Waals surface area contributed by atoms with Gasteiger partial charge in [-0.05, 0) is 12.1 Å². The molecule has 0 saturated heterocycles. The topological polar surface area (TPSA) is 148 Å². The van der Waals surface area contributed by atoms with Crippen molar-refractivity contribution < 1.29 is 28.7 Å². The number of nitrogens with one attached hydrogen (secondary N) is 1. The van der Waals surface area contributed by atoms with Crippen LogP contribution >= 0.6 is 11.6 Å². The van der Waals surface area contributed by atoms with Gasteiger partial charge in [-0.3, -0.25) is 23.9 Å². The number of aliphatic hydroxyl groups excluding tert-OH is 1. The van der Waals surface area contributed by atoms with Crippen LogP contribution in [0.3, 0.4) is 0 Å². The summed E-state index contributed by atoms with van der Waals surface area (Å²) in [5, 5.41) is 16.0. The van der Waals surface area contributed by atoms with E-state index in [0.29, 0.717) is 10.9 Å². The van der Waals surface area contributed by atoms with Gasteiger partial charge in [-0.15, -0.1) is 0 Å². The lowest BCUT2D eigenvalue weighted by molar-refractivity contribution is -0.140. The number of nitrogens with zero attached hydrogens (tertiary/aromatic N) is 3. The van der Waals surface area contributed by atoms with Gasteiger partial charge >= 0.3 is 0 Å². The SMILES string of the molecule is NC(=O)c1nn(CC(=O)N(CC(=O)CO)CC(=O)NCc2cccc(Cl)c2F)c2ccccc12. The fraction of sp³-hybridized carbons (Fsp3) is 0.227. The Balaban J connectivity index is 1.75. The highest BCUT2D eigenvalue weighted by atomic mass is 35.5. The molecular weight excluding hydrogens is 469 g/mol. The van der Waals surface area contributed by atoms with Crippen molar-refractivity contribution in [3.63, 3.8) is 0 Å². The second kappa shape index (κ2) is 10.9. The number of hydrogen-bond acceptors (Lipinski definition) is 6. The molecular formula is C22H21ClFN5O5. The Morgan fingerprint density at radius 1 is 1.12 bits per heavy atom. The van der Waals surface area contributed by atoms with Gasteiger partial charge in [0.25, 0.3) is 5.91 Å². The van der Waals surface area contributed by atoms with E-state index in [0.717, 1.165) is 4.90 Å². The smallest absolute Gasteiger partial charge is 0.269 e. The molecule has 34 heavy (non-hydrogen) atoms. The first-order valence-electron chi connectivity index (χ1n) is 10.1. The molecule has 0 saturated carbocycles. The number of Topliss-reactive ketones (excluding diaryl/α,β-unsaturated/α-hetero) is 1. The minimum atomic E-state index is -0.824. The Bertz CT molecular complexity index is 1260. The lowest BCUT2D eigenvalue weighted by atomic mass is 10.2. The van der Waals surface area contributed by atoms with Crippen molar-refractivity contribution in [3.8, 4) is 0 Å². The molecule has 0 unspecified atom stereocenters. The molecule has 2 aromatic carbocycles. The summed E-state index contributed by atoms with van der Waals surface area (Å²) in [5.74, 6) is -3.48. The zero-order valence-corrected chi connectivity index (χ0v) is 18.6. The van der Waals surface area contributed by atoms with Gasteiger partial charge in [0.2, 0.25) is 11.8 Å². The maximum atomic E-state index is 14.0. The number of rotatable bonds is 10. The highest BCUT2D eigenvalue weighted by Crippen LogP contribution is 2.19. The van der Waals surface area contributed by atoms with Gasteiger partial charge in [0.15, 0.2) is 11.5 Å². The number of carbonyl (C=O) groups is 4. The van der Waals surface area contributed by atoms with Crippen LogP contribution in [-0.2, 0) is 27.5 Å². The number of aliphatic hydroxyl groups is 1. The molecule has 1 heterocycles. The molecule has 0 radical (unpaired) electrons. The monoisotopic (exact) mass is 489 g/mol. The van der Waals surface area contributed by atoms with E-state index < -0.39 is 55.6 Å². The summed E-state index contributed by atoms with van der Waals surface area (Å²) in [4.78, 5) is 49.8. The number of hydrogen-bond donors (Lipinski definition) is 3. The van der Waals surface area contributed by atoms with Crippen molar-refractivity contribution in [1.29, 1.82) is 0 Å². The Morgan fingerprint density at radius 2 is 1.85 bits per heavy atom. The molecule has 3 aromatic rings. The molecule has 0 aliphatic carbocycles. The van der Waals surface area contributed by atoms with E-state index in [-0.39, 0.29) is 22.8 Å². The maximum Gasteiger partial charge on any atom is 0.269 e. The molecule has 0 atom stereocenters. The van der Waals surface area contributed by atoms with Crippen LogP contribution in [-0.4, -0.2) is 63.0 Å². The number of halogens is 2. The predicted molar refractivity (Wildman–Crippen MR) is 120 cm³/mol. The third kappa shape index (κ3) is 5.74. The first-order chi connectivity index (χ1) is 16.2. The largest absolute Gasteiger partial charge is 0.389 e. The Hall–Kier alpha value is -3.83. The van der Waals surface area contributed by atoms with Crippen LogP contribution in [0, 0.1) is 5.82 Å². The average molecular weight is 490 g/mol. The van der Waals surface area contributed by atoms with E-state index in [2.05, 4.69) is 10.4 Å². The van der Waals surface area contributed by atoms with Gasteiger partial charge in [-0.25, -0.2) is 4.39 Å². The summed E-state index contributed by atoms with van der Waals surface area (Å²) >= 11 is 5.73. The average Bonchev–Trinajstić information content (AvgIpc) is 3.18. The van der Waals surface area contributed by atoms with E-state index in [4.69, 9.17) is 22.4 Å². The number of primary amides is 1. The normalized spacial score (nSPS) is 10.8. The number of benzene rings is 2. The summed E-state index contributed by atoms with van der Waals surface area (Å²) in [6, 6.07) is 11.0. The summed E-state index contributed by atoms with van der Waals surface area (Å²) in [5.41, 5.74) is 5.94. The van der Waals surface area contributed by atoms with Crippen molar-refractivity contribution in [2.75, 3.05) is 19.7 Å². The molecule has 0 fully saturated rings. The molecule has 178 valence electrons. The van der Waals surface area contributed by atoms with Crippen LogP contribution in [0.1, 0.15) is 16.1 Å². The van der Waals surface area contributed by atoms with Gasteiger partial charge in [0, 0.05) is 17.5 Å². The van der Waals surface area contributed by atoms with E-state index in [9.17, 15) is 23.6 Å². The van der Waals surface area contributed by atoms with Crippen LogP contribution in [0.2, 0.25) is 5.02 Å². The Kier molecular flexibility index (Phi) is 7.92.